The molecule has 0 radical (unpaired) electrons. The van der Waals surface area contributed by atoms with Gasteiger partial charge in [-0.1, -0.05) is 29.5 Å². The Morgan fingerprint density at radius 3 is 2.48 bits per heavy atom. The summed E-state index contributed by atoms with van der Waals surface area (Å²) < 4.78 is 37.3. The summed E-state index contributed by atoms with van der Waals surface area (Å²) in [4.78, 5) is 29.6. The van der Waals surface area contributed by atoms with Crippen molar-refractivity contribution < 1.29 is 22.8 Å². The van der Waals surface area contributed by atoms with Gasteiger partial charge in [0.2, 0.25) is 5.91 Å². The number of alkyl halides is 3. The first-order chi connectivity index (χ1) is 12.7. The van der Waals surface area contributed by atoms with E-state index >= 15 is 0 Å². The molecule has 1 aromatic carbocycles. The molecule has 2 amide bonds. The van der Waals surface area contributed by atoms with Crippen molar-refractivity contribution in [2.45, 2.75) is 18.1 Å². The molecule has 2 aromatic rings. The second kappa shape index (κ2) is 8.90. The van der Waals surface area contributed by atoms with Crippen LogP contribution in [0.25, 0.3) is 0 Å². The van der Waals surface area contributed by atoms with Gasteiger partial charge >= 0.3 is 6.18 Å². The Balaban J connectivity index is 2.02. The molecule has 2 rings (SSSR count). The molecule has 0 saturated heterocycles. The molecule has 0 fully saturated rings. The number of likely N-dealkylation sites (N-methyl/N-ethyl adjacent to an activating group) is 1. The van der Waals surface area contributed by atoms with E-state index in [4.69, 9.17) is 0 Å². The van der Waals surface area contributed by atoms with E-state index in [-0.39, 0.29) is 17.1 Å². The SMILES string of the molecule is Cc1ccc(NC(=O)CN(C)C(=O)c2cccnc2SCC(F)(F)F)cc1. The van der Waals surface area contributed by atoms with Crippen molar-refractivity contribution in [1.82, 2.24) is 9.88 Å². The fourth-order valence-corrected chi connectivity index (χ4v) is 2.90. The first-order valence-electron chi connectivity index (χ1n) is 7.92. The molecule has 1 heterocycles. The van der Waals surface area contributed by atoms with Gasteiger partial charge in [-0.2, -0.15) is 13.2 Å². The number of nitrogens with zero attached hydrogens (tertiary/aromatic N) is 2. The third-order valence-corrected chi connectivity index (χ3v) is 4.51. The van der Waals surface area contributed by atoms with Crippen molar-refractivity contribution in [3.05, 3.63) is 53.7 Å². The van der Waals surface area contributed by atoms with Gasteiger partial charge in [-0.25, -0.2) is 4.98 Å². The maximum absolute atomic E-state index is 12.5. The third-order valence-electron chi connectivity index (χ3n) is 3.44. The summed E-state index contributed by atoms with van der Waals surface area (Å²) in [7, 11) is 1.41. The molecule has 0 aliphatic carbocycles. The van der Waals surface area contributed by atoms with Crippen LogP contribution >= 0.6 is 11.8 Å². The summed E-state index contributed by atoms with van der Waals surface area (Å²) in [5, 5.41) is 2.64. The van der Waals surface area contributed by atoms with E-state index in [2.05, 4.69) is 10.3 Å². The quantitative estimate of drug-likeness (QED) is 0.754. The number of pyridine rings is 1. The van der Waals surface area contributed by atoms with Crippen molar-refractivity contribution >= 4 is 29.3 Å². The maximum Gasteiger partial charge on any atom is 0.398 e. The molecular formula is C18H18F3N3O2S. The molecule has 5 nitrogen and oxygen atoms in total. The highest BCUT2D eigenvalue weighted by molar-refractivity contribution is 7.99. The second-order valence-electron chi connectivity index (χ2n) is 5.84. The maximum atomic E-state index is 12.5. The number of aryl methyl sites for hydroxylation is 1. The van der Waals surface area contributed by atoms with Gasteiger partial charge < -0.3 is 10.2 Å². The Hall–Kier alpha value is -2.55. The number of thioether (sulfide) groups is 1. The standard InChI is InChI=1S/C18H18F3N3O2S/c1-12-5-7-13(8-6-12)23-15(25)10-24(2)17(26)14-4-3-9-22-16(14)27-11-18(19,20)21/h3-9H,10-11H2,1-2H3,(H,23,25). The molecule has 0 aliphatic heterocycles. The molecule has 9 heteroatoms. The van der Waals surface area contributed by atoms with Gasteiger partial charge in [0.05, 0.1) is 17.9 Å². The zero-order valence-electron chi connectivity index (χ0n) is 14.7. The first-order valence-corrected chi connectivity index (χ1v) is 8.91. The zero-order chi connectivity index (χ0) is 20.0. The topological polar surface area (TPSA) is 62.3 Å². The Morgan fingerprint density at radius 2 is 1.85 bits per heavy atom. The molecule has 0 saturated carbocycles. The van der Waals surface area contributed by atoms with Crippen molar-refractivity contribution in [1.29, 1.82) is 0 Å². The summed E-state index contributed by atoms with van der Waals surface area (Å²) in [6, 6.07) is 10.0. The van der Waals surface area contributed by atoms with Gasteiger partial charge in [0.15, 0.2) is 0 Å². The van der Waals surface area contributed by atoms with Crippen LogP contribution in [0.4, 0.5) is 18.9 Å². The van der Waals surface area contributed by atoms with Crippen LogP contribution < -0.4 is 5.32 Å². The van der Waals surface area contributed by atoms with Crippen LogP contribution in [0.5, 0.6) is 0 Å². The number of benzene rings is 1. The summed E-state index contributed by atoms with van der Waals surface area (Å²) in [5.74, 6) is -2.14. The summed E-state index contributed by atoms with van der Waals surface area (Å²) >= 11 is 0.438. The summed E-state index contributed by atoms with van der Waals surface area (Å²) in [6.45, 7) is 1.67. The van der Waals surface area contributed by atoms with E-state index < -0.39 is 23.7 Å². The molecule has 0 aliphatic rings. The zero-order valence-corrected chi connectivity index (χ0v) is 15.5. The predicted octanol–water partition coefficient (Wildman–Crippen LogP) is 3.76. The Labute approximate surface area is 159 Å². The minimum absolute atomic E-state index is 0.0226. The van der Waals surface area contributed by atoms with Crippen LogP contribution in [0.15, 0.2) is 47.6 Å². The van der Waals surface area contributed by atoms with Gasteiger partial charge in [-0.15, -0.1) is 0 Å². The van der Waals surface area contributed by atoms with E-state index in [0.717, 1.165) is 10.5 Å². The first kappa shape index (κ1) is 20.8. The van der Waals surface area contributed by atoms with Crippen LogP contribution in [-0.4, -0.2) is 47.2 Å². The molecule has 0 bridgehead atoms. The molecule has 0 atom stereocenters. The van der Waals surface area contributed by atoms with Crippen LogP contribution in [0.3, 0.4) is 0 Å². The predicted molar refractivity (Wildman–Crippen MR) is 97.8 cm³/mol. The number of rotatable bonds is 6. The van der Waals surface area contributed by atoms with Crippen LogP contribution in [0.1, 0.15) is 15.9 Å². The Morgan fingerprint density at radius 1 is 1.19 bits per heavy atom. The molecule has 27 heavy (non-hydrogen) atoms. The highest BCUT2D eigenvalue weighted by atomic mass is 32.2. The minimum Gasteiger partial charge on any atom is -0.332 e. The fraction of sp³-hybridized carbons (Fsp3) is 0.278. The Kier molecular flexibility index (Phi) is 6.84. The molecule has 1 aromatic heterocycles. The number of amides is 2. The van der Waals surface area contributed by atoms with E-state index in [1.807, 2.05) is 19.1 Å². The van der Waals surface area contributed by atoms with E-state index in [0.29, 0.717) is 17.4 Å². The highest BCUT2D eigenvalue weighted by Gasteiger charge is 2.29. The van der Waals surface area contributed by atoms with E-state index in [1.54, 1.807) is 12.1 Å². The normalized spacial score (nSPS) is 11.1. The minimum atomic E-state index is -4.37. The lowest BCUT2D eigenvalue weighted by Crippen LogP contribution is -2.35. The van der Waals surface area contributed by atoms with Crippen molar-refractivity contribution in [3.63, 3.8) is 0 Å². The number of halogens is 3. The second-order valence-corrected chi connectivity index (χ2v) is 6.80. The average Bonchev–Trinajstić information content (AvgIpc) is 2.61. The number of carbonyl (C=O) groups is 2. The fourth-order valence-electron chi connectivity index (χ4n) is 2.15. The average molecular weight is 397 g/mol. The summed E-state index contributed by atoms with van der Waals surface area (Å²) in [5.41, 5.74) is 1.66. The lowest BCUT2D eigenvalue weighted by atomic mass is 10.2. The number of nitrogens with one attached hydrogen (secondary N) is 1. The largest absolute Gasteiger partial charge is 0.398 e. The molecular weight excluding hydrogens is 379 g/mol. The molecule has 1 N–H and O–H groups in total. The Bertz CT molecular complexity index is 810. The van der Waals surface area contributed by atoms with Crippen LogP contribution in [0.2, 0.25) is 0 Å². The number of carbonyl (C=O) groups excluding carboxylic acids is 2. The van der Waals surface area contributed by atoms with Crippen molar-refractivity contribution in [3.8, 4) is 0 Å². The monoisotopic (exact) mass is 397 g/mol. The number of aromatic nitrogens is 1. The molecule has 144 valence electrons. The van der Waals surface area contributed by atoms with Crippen LogP contribution in [0, 0.1) is 6.92 Å². The molecule has 0 spiro atoms. The third kappa shape index (κ3) is 6.59. The van der Waals surface area contributed by atoms with Gasteiger partial charge in [0, 0.05) is 18.9 Å². The molecule has 0 unspecified atom stereocenters. The smallest absolute Gasteiger partial charge is 0.332 e. The summed E-state index contributed by atoms with van der Waals surface area (Å²) in [6.07, 6.45) is -3.05. The van der Waals surface area contributed by atoms with E-state index in [1.165, 1.54) is 25.4 Å². The van der Waals surface area contributed by atoms with Crippen LogP contribution in [-0.2, 0) is 4.79 Å². The van der Waals surface area contributed by atoms with E-state index in [9.17, 15) is 22.8 Å². The lowest BCUT2D eigenvalue weighted by Gasteiger charge is -2.18. The number of hydrogen-bond acceptors (Lipinski definition) is 4. The van der Waals surface area contributed by atoms with Gasteiger partial charge in [-0.05, 0) is 31.2 Å². The van der Waals surface area contributed by atoms with Gasteiger partial charge in [0.1, 0.15) is 5.03 Å². The lowest BCUT2D eigenvalue weighted by molar-refractivity contribution is -0.116. The van der Waals surface area contributed by atoms with Gasteiger partial charge in [0.25, 0.3) is 5.91 Å². The van der Waals surface area contributed by atoms with Gasteiger partial charge in [-0.3, -0.25) is 9.59 Å². The van der Waals surface area contributed by atoms with Crippen molar-refractivity contribution in [2.75, 3.05) is 24.7 Å². The van der Waals surface area contributed by atoms with Crippen molar-refractivity contribution in [2.24, 2.45) is 0 Å². The number of hydrogen-bond donors (Lipinski definition) is 1. The number of anilines is 1. The highest BCUT2D eigenvalue weighted by Crippen LogP contribution is 2.28.